The number of hydrogen-bond acceptors (Lipinski definition) is 3. The Bertz CT molecular complexity index is 1270. The summed E-state index contributed by atoms with van der Waals surface area (Å²) in [6.45, 7) is 12.9. The molecule has 4 aromatic rings. The Balaban J connectivity index is 0.00000181. The number of anilines is 1. The van der Waals surface area contributed by atoms with Crippen molar-refractivity contribution in [2.45, 2.75) is 59.9 Å². The third-order valence-corrected chi connectivity index (χ3v) is 7.01. The molecule has 0 bridgehead atoms. The van der Waals surface area contributed by atoms with E-state index in [0.29, 0.717) is 0 Å². The van der Waals surface area contributed by atoms with Crippen LogP contribution in [0.2, 0.25) is 0 Å². The molecule has 1 aliphatic heterocycles. The minimum atomic E-state index is 0.0981. The molecule has 0 amide bonds. The zero-order valence-corrected chi connectivity index (χ0v) is 24.6. The van der Waals surface area contributed by atoms with Crippen LogP contribution in [0.5, 0.6) is 5.75 Å². The molecule has 208 valence electrons. The summed E-state index contributed by atoms with van der Waals surface area (Å²) in [5.41, 5.74) is 7.76. The minimum Gasteiger partial charge on any atom is -0.489 e. The SMILES string of the molecule is CC.CC(C)Oc1cc(C2=CCN(Cc3ccccc3)CC2)ccc1N(Cc1ccccc1)Cc1ccccc1. The lowest BCUT2D eigenvalue weighted by Crippen LogP contribution is -2.28. The quantitative estimate of drug-likeness (QED) is 0.203. The van der Waals surface area contributed by atoms with Crippen LogP contribution in [0.3, 0.4) is 0 Å². The van der Waals surface area contributed by atoms with Crippen molar-refractivity contribution in [3.05, 3.63) is 138 Å². The minimum absolute atomic E-state index is 0.0981. The van der Waals surface area contributed by atoms with E-state index in [1.54, 1.807) is 0 Å². The average molecular weight is 533 g/mol. The van der Waals surface area contributed by atoms with Crippen molar-refractivity contribution in [2.24, 2.45) is 0 Å². The van der Waals surface area contributed by atoms with E-state index in [1.165, 1.54) is 27.8 Å². The van der Waals surface area contributed by atoms with Gasteiger partial charge >= 0.3 is 0 Å². The molecule has 0 saturated heterocycles. The van der Waals surface area contributed by atoms with Crippen LogP contribution in [0.15, 0.2) is 115 Å². The van der Waals surface area contributed by atoms with Crippen molar-refractivity contribution in [3.63, 3.8) is 0 Å². The van der Waals surface area contributed by atoms with Crippen LogP contribution >= 0.6 is 0 Å². The lowest BCUT2D eigenvalue weighted by molar-refractivity contribution is 0.242. The summed E-state index contributed by atoms with van der Waals surface area (Å²) >= 11 is 0. The van der Waals surface area contributed by atoms with Gasteiger partial charge in [0.15, 0.2) is 0 Å². The van der Waals surface area contributed by atoms with E-state index in [0.717, 1.165) is 50.6 Å². The first-order valence-corrected chi connectivity index (χ1v) is 14.7. The number of nitrogens with zero attached hydrogens (tertiary/aromatic N) is 2. The zero-order chi connectivity index (χ0) is 28.2. The van der Waals surface area contributed by atoms with Crippen LogP contribution in [0.25, 0.3) is 5.57 Å². The van der Waals surface area contributed by atoms with Crippen LogP contribution in [0.1, 0.15) is 56.4 Å². The normalized spacial score (nSPS) is 13.3. The number of benzene rings is 4. The fourth-order valence-corrected chi connectivity index (χ4v) is 5.12. The fraction of sp³-hybridized carbons (Fsp3) is 0.297. The topological polar surface area (TPSA) is 15.7 Å². The van der Waals surface area contributed by atoms with Crippen molar-refractivity contribution >= 4 is 11.3 Å². The Morgan fingerprint density at radius 3 is 1.77 bits per heavy atom. The molecule has 3 nitrogen and oxygen atoms in total. The van der Waals surface area contributed by atoms with E-state index in [1.807, 2.05) is 13.8 Å². The molecule has 1 heterocycles. The van der Waals surface area contributed by atoms with E-state index in [-0.39, 0.29) is 6.10 Å². The maximum atomic E-state index is 6.45. The second kappa shape index (κ2) is 15.1. The molecule has 0 spiro atoms. The van der Waals surface area contributed by atoms with Gasteiger partial charge in [0.25, 0.3) is 0 Å². The lowest BCUT2D eigenvalue weighted by atomic mass is 9.98. The molecule has 0 fully saturated rings. The average Bonchev–Trinajstić information content (AvgIpc) is 3.00. The highest BCUT2D eigenvalue weighted by Gasteiger charge is 2.19. The van der Waals surface area contributed by atoms with E-state index in [2.05, 4.69) is 139 Å². The first-order chi connectivity index (χ1) is 19.6. The summed E-state index contributed by atoms with van der Waals surface area (Å²) in [5.74, 6) is 0.956. The maximum Gasteiger partial charge on any atom is 0.143 e. The van der Waals surface area contributed by atoms with Crippen molar-refractivity contribution in [1.29, 1.82) is 0 Å². The van der Waals surface area contributed by atoms with Gasteiger partial charge in [-0.05, 0) is 60.2 Å². The van der Waals surface area contributed by atoms with Crippen LogP contribution in [-0.2, 0) is 19.6 Å². The van der Waals surface area contributed by atoms with E-state index < -0.39 is 0 Å². The predicted molar refractivity (Wildman–Crippen MR) is 171 cm³/mol. The zero-order valence-electron chi connectivity index (χ0n) is 24.6. The number of rotatable bonds is 10. The fourth-order valence-electron chi connectivity index (χ4n) is 5.12. The molecule has 0 aliphatic carbocycles. The Labute approximate surface area is 241 Å². The van der Waals surface area contributed by atoms with Crippen LogP contribution in [-0.4, -0.2) is 24.1 Å². The molecular weight excluding hydrogens is 488 g/mol. The smallest absolute Gasteiger partial charge is 0.143 e. The predicted octanol–water partition coefficient (Wildman–Crippen LogP) is 9.00. The van der Waals surface area contributed by atoms with Gasteiger partial charge in [0.2, 0.25) is 0 Å². The van der Waals surface area contributed by atoms with E-state index in [4.69, 9.17) is 4.74 Å². The molecule has 40 heavy (non-hydrogen) atoms. The molecule has 0 radical (unpaired) electrons. The molecule has 0 N–H and O–H groups in total. The summed E-state index contributed by atoms with van der Waals surface area (Å²) in [4.78, 5) is 4.95. The van der Waals surface area contributed by atoms with Gasteiger partial charge in [-0.2, -0.15) is 0 Å². The summed E-state index contributed by atoms with van der Waals surface area (Å²) in [7, 11) is 0. The van der Waals surface area contributed by atoms with Gasteiger partial charge in [-0.15, -0.1) is 0 Å². The van der Waals surface area contributed by atoms with Gasteiger partial charge < -0.3 is 9.64 Å². The van der Waals surface area contributed by atoms with Gasteiger partial charge in [0.1, 0.15) is 5.75 Å². The highest BCUT2D eigenvalue weighted by Crippen LogP contribution is 2.36. The van der Waals surface area contributed by atoms with Gasteiger partial charge in [0.05, 0.1) is 11.8 Å². The molecule has 4 aromatic carbocycles. The molecule has 3 heteroatoms. The maximum absolute atomic E-state index is 6.45. The Kier molecular flexibility index (Phi) is 11.0. The second-order valence-corrected chi connectivity index (χ2v) is 10.4. The molecule has 0 aromatic heterocycles. The third-order valence-electron chi connectivity index (χ3n) is 7.01. The highest BCUT2D eigenvalue weighted by atomic mass is 16.5. The summed E-state index contributed by atoms with van der Waals surface area (Å²) < 4.78 is 6.45. The Morgan fingerprint density at radius 1 is 0.725 bits per heavy atom. The van der Waals surface area contributed by atoms with Crippen molar-refractivity contribution in [1.82, 2.24) is 4.90 Å². The molecular formula is C37H44N2O. The van der Waals surface area contributed by atoms with Crippen LogP contribution in [0.4, 0.5) is 5.69 Å². The second-order valence-electron chi connectivity index (χ2n) is 10.4. The van der Waals surface area contributed by atoms with E-state index >= 15 is 0 Å². The standard InChI is InChI=1S/C35H38N2O.C2H6/c1-28(2)38-35-24-33(32-20-22-36(23-21-32)25-29-12-6-3-7-13-29)18-19-34(35)37(26-30-14-8-4-9-15-30)27-31-16-10-5-11-17-31;1-2/h3-20,24,28H,21-23,25-27H2,1-2H3;1-2H3. The first kappa shape index (κ1) is 29.2. The van der Waals surface area contributed by atoms with Gasteiger partial charge in [-0.1, -0.05) is 117 Å². The van der Waals surface area contributed by atoms with Gasteiger partial charge in [-0.3, -0.25) is 4.90 Å². The lowest BCUT2D eigenvalue weighted by Gasteiger charge is -2.30. The molecule has 0 saturated carbocycles. The molecule has 5 rings (SSSR count). The molecule has 0 atom stereocenters. The highest BCUT2D eigenvalue weighted by molar-refractivity contribution is 5.72. The van der Waals surface area contributed by atoms with Crippen molar-refractivity contribution in [3.8, 4) is 5.75 Å². The van der Waals surface area contributed by atoms with E-state index in [9.17, 15) is 0 Å². The molecule has 1 aliphatic rings. The van der Waals surface area contributed by atoms with Gasteiger partial charge in [-0.25, -0.2) is 0 Å². The van der Waals surface area contributed by atoms with Crippen LogP contribution in [0, 0.1) is 0 Å². The van der Waals surface area contributed by atoms with Crippen molar-refractivity contribution < 1.29 is 4.74 Å². The Morgan fingerprint density at radius 2 is 1.27 bits per heavy atom. The largest absolute Gasteiger partial charge is 0.489 e. The number of ether oxygens (including phenoxy) is 1. The number of hydrogen-bond donors (Lipinski definition) is 0. The van der Waals surface area contributed by atoms with Crippen molar-refractivity contribution in [2.75, 3.05) is 18.0 Å². The third kappa shape index (κ3) is 8.34. The first-order valence-electron chi connectivity index (χ1n) is 14.7. The molecule has 0 unspecified atom stereocenters. The Hall–Kier alpha value is -3.82. The summed E-state index contributed by atoms with van der Waals surface area (Å²) in [6.07, 6.45) is 3.54. The summed E-state index contributed by atoms with van der Waals surface area (Å²) in [6, 6.07) is 38.9. The van der Waals surface area contributed by atoms with Crippen LogP contribution < -0.4 is 9.64 Å². The summed E-state index contributed by atoms with van der Waals surface area (Å²) in [5, 5.41) is 0. The monoisotopic (exact) mass is 532 g/mol. The van der Waals surface area contributed by atoms with Gasteiger partial charge in [0, 0.05) is 32.7 Å².